The lowest BCUT2D eigenvalue weighted by Gasteiger charge is -2.34. The highest BCUT2D eigenvalue weighted by Crippen LogP contribution is 2.08. The fourth-order valence-corrected chi connectivity index (χ4v) is 2.54. The molecule has 2 amide bonds. The molecule has 0 aromatic carbocycles. The number of hydrogen-bond donors (Lipinski definition) is 1. The summed E-state index contributed by atoms with van der Waals surface area (Å²) < 4.78 is 5.33. The first-order chi connectivity index (χ1) is 10.5. The van der Waals surface area contributed by atoms with Crippen molar-refractivity contribution in [3.8, 4) is 0 Å². The number of amides is 2. The number of aromatic nitrogens is 2. The van der Waals surface area contributed by atoms with Crippen molar-refractivity contribution in [2.75, 3.05) is 44.6 Å². The molecule has 1 aliphatic heterocycles. The van der Waals surface area contributed by atoms with Gasteiger partial charge >= 0.3 is 0 Å². The second kappa shape index (κ2) is 8.16. The molecule has 0 bridgehead atoms. The van der Waals surface area contributed by atoms with Crippen LogP contribution in [0.15, 0.2) is 5.51 Å². The largest absolute Gasteiger partial charge is 0.369 e. The van der Waals surface area contributed by atoms with Crippen LogP contribution < -0.4 is 5.32 Å². The highest BCUT2D eigenvalue weighted by molar-refractivity contribution is 7.13. The first kappa shape index (κ1) is 16.8. The van der Waals surface area contributed by atoms with Gasteiger partial charge in [0.05, 0.1) is 12.6 Å². The van der Waals surface area contributed by atoms with Gasteiger partial charge in [0.2, 0.25) is 16.9 Å². The SMILES string of the molecule is CC(C)OCC(=O)N1CCN(CC(=O)Nc2nncs2)CC1. The van der Waals surface area contributed by atoms with Crippen molar-refractivity contribution in [3.05, 3.63) is 5.51 Å². The molecule has 0 unspecified atom stereocenters. The van der Waals surface area contributed by atoms with Crippen molar-refractivity contribution in [3.63, 3.8) is 0 Å². The van der Waals surface area contributed by atoms with Gasteiger partial charge in [-0.1, -0.05) is 11.3 Å². The number of nitrogens with zero attached hydrogens (tertiary/aromatic N) is 4. The van der Waals surface area contributed by atoms with Gasteiger partial charge in [0.1, 0.15) is 12.1 Å². The van der Waals surface area contributed by atoms with Crippen LogP contribution in [0.25, 0.3) is 0 Å². The molecule has 0 spiro atoms. The van der Waals surface area contributed by atoms with Crippen LogP contribution in [-0.4, -0.2) is 77.2 Å². The summed E-state index contributed by atoms with van der Waals surface area (Å²) in [5, 5.41) is 10.6. The molecule has 122 valence electrons. The molecule has 2 heterocycles. The summed E-state index contributed by atoms with van der Waals surface area (Å²) >= 11 is 1.29. The summed E-state index contributed by atoms with van der Waals surface area (Å²) in [5.41, 5.74) is 1.57. The average molecular weight is 327 g/mol. The Labute approximate surface area is 133 Å². The molecule has 0 atom stereocenters. The third-order valence-electron chi connectivity index (χ3n) is 3.24. The summed E-state index contributed by atoms with van der Waals surface area (Å²) in [4.78, 5) is 27.6. The van der Waals surface area contributed by atoms with Gasteiger partial charge in [-0.15, -0.1) is 10.2 Å². The van der Waals surface area contributed by atoms with Crippen LogP contribution in [0.2, 0.25) is 0 Å². The number of piperazine rings is 1. The van der Waals surface area contributed by atoms with Crippen LogP contribution >= 0.6 is 11.3 Å². The second-order valence-corrected chi connectivity index (χ2v) is 6.14. The molecule has 1 aromatic heterocycles. The summed E-state index contributed by atoms with van der Waals surface area (Å²) in [5.74, 6) is -0.105. The van der Waals surface area contributed by atoms with Gasteiger partial charge in [-0.05, 0) is 13.8 Å². The zero-order chi connectivity index (χ0) is 15.9. The quantitative estimate of drug-likeness (QED) is 0.794. The smallest absolute Gasteiger partial charge is 0.248 e. The van der Waals surface area contributed by atoms with E-state index >= 15 is 0 Å². The van der Waals surface area contributed by atoms with Gasteiger partial charge in [0, 0.05) is 26.2 Å². The topological polar surface area (TPSA) is 87.7 Å². The zero-order valence-corrected chi connectivity index (χ0v) is 13.6. The van der Waals surface area contributed by atoms with Crippen molar-refractivity contribution < 1.29 is 14.3 Å². The molecule has 2 rings (SSSR count). The molecule has 1 saturated heterocycles. The Morgan fingerprint density at radius 1 is 1.36 bits per heavy atom. The molecule has 0 aliphatic carbocycles. The Balaban J connectivity index is 1.68. The summed E-state index contributed by atoms with van der Waals surface area (Å²) in [6.45, 7) is 6.82. The Bertz CT molecular complexity index is 486. The lowest BCUT2D eigenvalue weighted by atomic mass is 10.3. The number of anilines is 1. The standard InChI is InChI=1S/C13H21N5O3S/c1-10(2)21-8-12(20)18-5-3-17(4-6-18)7-11(19)15-13-16-14-9-22-13/h9-10H,3-8H2,1-2H3,(H,15,16,19). The van der Waals surface area contributed by atoms with E-state index in [4.69, 9.17) is 4.74 Å². The average Bonchev–Trinajstić information content (AvgIpc) is 2.98. The number of hydrogen-bond acceptors (Lipinski definition) is 7. The van der Waals surface area contributed by atoms with E-state index < -0.39 is 0 Å². The van der Waals surface area contributed by atoms with E-state index in [0.29, 0.717) is 37.9 Å². The Hall–Kier alpha value is -1.58. The lowest BCUT2D eigenvalue weighted by Crippen LogP contribution is -2.51. The van der Waals surface area contributed by atoms with Gasteiger partial charge < -0.3 is 9.64 Å². The molecule has 9 heteroatoms. The van der Waals surface area contributed by atoms with Crippen molar-refractivity contribution in [1.82, 2.24) is 20.0 Å². The van der Waals surface area contributed by atoms with Crippen LogP contribution in [0, 0.1) is 0 Å². The minimum Gasteiger partial charge on any atom is -0.369 e. The fourth-order valence-electron chi connectivity index (χ4n) is 2.07. The van der Waals surface area contributed by atoms with Crippen LogP contribution in [0.4, 0.5) is 5.13 Å². The van der Waals surface area contributed by atoms with Crippen LogP contribution in [0.1, 0.15) is 13.8 Å². The van der Waals surface area contributed by atoms with E-state index in [0.717, 1.165) is 0 Å². The zero-order valence-electron chi connectivity index (χ0n) is 12.8. The fraction of sp³-hybridized carbons (Fsp3) is 0.692. The second-order valence-electron chi connectivity index (χ2n) is 5.31. The number of nitrogens with one attached hydrogen (secondary N) is 1. The Morgan fingerprint density at radius 2 is 2.09 bits per heavy atom. The number of ether oxygens (including phenoxy) is 1. The third kappa shape index (κ3) is 5.32. The number of rotatable bonds is 6. The third-order valence-corrected chi connectivity index (χ3v) is 3.85. The number of carbonyl (C=O) groups is 2. The maximum absolute atomic E-state index is 11.9. The molecular weight excluding hydrogens is 306 g/mol. The first-order valence-corrected chi connectivity index (χ1v) is 8.10. The summed E-state index contributed by atoms with van der Waals surface area (Å²) in [6, 6.07) is 0. The normalized spacial score (nSPS) is 16.0. The maximum atomic E-state index is 11.9. The monoisotopic (exact) mass is 327 g/mol. The minimum absolute atomic E-state index is 0.00617. The van der Waals surface area contributed by atoms with E-state index in [-0.39, 0.29) is 24.5 Å². The van der Waals surface area contributed by atoms with E-state index in [1.54, 1.807) is 10.4 Å². The van der Waals surface area contributed by atoms with E-state index in [1.165, 1.54) is 11.3 Å². The molecule has 1 aliphatic rings. The van der Waals surface area contributed by atoms with Crippen molar-refractivity contribution >= 4 is 28.3 Å². The van der Waals surface area contributed by atoms with Gasteiger partial charge in [-0.3, -0.25) is 19.8 Å². The van der Waals surface area contributed by atoms with Gasteiger partial charge in [-0.2, -0.15) is 0 Å². The van der Waals surface area contributed by atoms with Gasteiger partial charge in [0.25, 0.3) is 0 Å². The Kier molecular flexibility index (Phi) is 6.22. The summed E-state index contributed by atoms with van der Waals surface area (Å²) in [6.07, 6.45) is 0.0503. The van der Waals surface area contributed by atoms with Crippen molar-refractivity contribution in [2.24, 2.45) is 0 Å². The van der Waals surface area contributed by atoms with Crippen LogP contribution in [0.5, 0.6) is 0 Å². The highest BCUT2D eigenvalue weighted by atomic mass is 32.1. The molecule has 22 heavy (non-hydrogen) atoms. The summed E-state index contributed by atoms with van der Waals surface area (Å²) in [7, 11) is 0. The van der Waals surface area contributed by atoms with Crippen LogP contribution in [-0.2, 0) is 14.3 Å². The molecular formula is C13H21N5O3S. The Morgan fingerprint density at radius 3 is 2.68 bits per heavy atom. The molecule has 1 aromatic rings. The molecule has 0 radical (unpaired) electrons. The minimum atomic E-state index is -0.111. The number of carbonyl (C=O) groups excluding carboxylic acids is 2. The van der Waals surface area contributed by atoms with Crippen molar-refractivity contribution in [1.29, 1.82) is 0 Å². The predicted octanol–water partition coefficient (Wildman–Crippen LogP) is 0.0458. The van der Waals surface area contributed by atoms with Gasteiger partial charge in [0.15, 0.2) is 0 Å². The highest BCUT2D eigenvalue weighted by Gasteiger charge is 2.22. The first-order valence-electron chi connectivity index (χ1n) is 7.22. The lowest BCUT2D eigenvalue weighted by molar-refractivity contribution is -0.139. The molecule has 1 fully saturated rings. The molecule has 0 saturated carbocycles. The van der Waals surface area contributed by atoms with E-state index in [9.17, 15) is 9.59 Å². The van der Waals surface area contributed by atoms with Gasteiger partial charge in [-0.25, -0.2) is 0 Å². The van der Waals surface area contributed by atoms with Crippen LogP contribution in [0.3, 0.4) is 0 Å². The van der Waals surface area contributed by atoms with E-state index in [1.807, 2.05) is 18.7 Å². The molecule has 8 nitrogen and oxygen atoms in total. The predicted molar refractivity (Wildman–Crippen MR) is 82.6 cm³/mol. The maximum Gasteiger partial charge on any atom is 0.248 e. The molecule has 1 N–H and O–H groups in total. The van der Waals surface area contributed by atoms with E-state index in [2.05, 4.69) is 15.5 Å². The van der Waals surface area contributed by atoms with Crippen molar-refractivity contribution in [2.45, 2.75) is 20.0 Å².